The van der Waals surface area contributed by atoms with Crippen LogP contribution in [0.5, 0.6) is 0 Å². The van der Waals surface area contributed by atoms with Crippen molar-refractivity contribution in [2.75, 3.05) is 13.2 Å². The van der Waals surface area contributed by atoms with Gasteiger partial charge in [-0.25, -0.2) is 0 Å². The van der Waals surface area contributed by atoms with Crippen molar-refractivity contribution in [1.29, 1.82) is 0 Å². The second-order valence-electron chi connectivity index (χ2n) is 4.10. The summed E-state index contributed by atoms with van der Waals surface area (Å²) in [4.78, 5) is 0. The summed E-state index contributed by atoms with van der Waals surface area (Å²) in [6.45, 7) is 3.31. The summed E-state index contributed by atoms with van der Waals surface area (Å²) < 4.78 is 12.1. The minimum absolute atomic E-state index is 0.0423. The van der Waals surface area contributed by atoms with E-state index in [2.05, 4.69) is 15.9 Å². The van der Waals surface area contributed by atoms with Gasteiger partial charge in [0.25, 0.3) is 0 Å². The van der Waals surface area contributed by atoms with Crippen LogP contribution < -0.4 is 5.73 Å². The van der Waals surface area contributed by atoms with Crippen molar-refractivity contribution in [2.24, 2.45) is 5.73 Å². The van der Waals surface area contributed by atoms with Crippen LogP contribution in [0.3, 0.4) is 0 Å². The molecule has 0 saturated carbocycles. The Kier molecular flexibility index (Phi) is 3.97. The van der Waals surface area contributed by atoms with E-state index in [1.165, 1.54) is 0 Å². The van der Waals surface area contributed by atoms with Crippen LogP contribution in [0.25, 0.3) is 0 Å². The summed E-state index contributed by atoms with van der Waals surface area (Å²) >= 11 is 3.53. The SMILES string of the molecule is CC(N)C(OC1COC1)c1ccccc1Br. The summed E-state index contributed by atoms with van der Waals surface area (Å²) in [6, 6.07) is 7.98. The minimum Gasteiger partial charge on any atom is -0.376 e. The van der Waals surface area contributed by atoms with Crippen molar-refractivity contribution in [2.45, 2.75) is 25.2 Å². The first-order valence-corrected chi connectivity index (χ1v) is 6.21. The molecule has 0 amide bonds. The molecule has 16 heavy (non-hydrogen) atoms. The number of rotatable bonds is 4. The molecule has 2 atom stereocenters. The van der Waals surface area contributed by atoms with E-state index in [-0.39, 0.29) is 18.2 Å². The van der Waals surface area contributed by atoms with Crippen LogP contribution in [0.4, 0.5) is 0 Å². The van der Waals surface area contributed by atoms with Crippen molar-refractivity contribution >= 4 is 15.9 Å². The molecule has 1 fully saturated rings. The van der Waals surface area contributed by atoms with Gasteiger partial charge in [-0.05, 0) is 18.6 Å². The molecule has 0 bridgehead atoms. The van der Waals surface area contributed by atoms with E-state index in [1.54, 1.807) is 0 Å². The monoisotopic (exact) mass is 285 g/mol. The number of hydrogen-bond acceptors (Lipinski definition) is 3. The average molecular weight is 286 g/mol. The largest absolute Gasteiger partial charge is 0.376 e. The normalized spacial score (nSPS) is 20.2. The van der Waals surface area contributed by atoms with Crippen LogP contribution >= 0.6 is 15.9 Å². The average Bonchev–Trinajstić information content (AvgIpc) is 2.18. The quantitative estimate of drug-likeness (QED) is 0.923. The summed E-state index contributed by atoms with van der Waals surface area (Å²) in [7, 11) is 0. The maximum atomic E-state index is 5.98. The van der Waals surface area contributed by atoms with E-state index in [0.29, 0.717) is 13.2 Å². The first-order valence-electron chi connectivity index (χ1n) is 5.41. The smallest absolute Gasteiger partial charge is 0.105 e. The third kappa shape index (κ3) is 2.63. The first-order chi connectivity index (χ1) is 7.68. The topological polar surface area (TPSA) is 44.5 Å². The molecular weight excluding hydrogens is 270 g/mol. The van der Waals surface area contributed by atoms with E-state index in [0.717, 1.165) is 10.0 Å². The van der Waals surface area contributed by atoms with Gasteiger partial charge in [-0.2, -0.15) is 0 Å². The molecule has 1 saturated heterocycles. The number of benzene rings is 1. The van der Waals surface area contributed by atoms with Gasteiger partial charge in [-0.15, -0.1) is 0 Å². The summed E-state index contributed by atoms with van der Waals surface area (Å²) in [5.74, 6) is 0. The first kappa shape index (κ1) is 12.0. The minimum atomic E-state index is -0.0792. The third-order valence-electron chi connectivity index (χ3n) is 2.64. The van der Waals surface area contributed by atoms with Crippen molar-refractivity contribution in [1.82, 2.24) is 0 Å². The molecule has 1 aromatic carbocycles. The predicted octanol–water partition coefficient (Wildman–Crippen LogP) is 2.25. The molecule has 1 heterocycles. The van der Waals surface area contributed by atoms with Crippen LogP contribution in [0.2, 0.25) is 0 Å². The Morgan fingerprint density at radius 2 is 2.12 bits per heavy atom. The lowest BCUT2D eigenvalue weighted by Gasteiger charge is -2.32. The molecule has 0 aromatic heterocycles. The molecule has 1 aromatic rings. The molecule has 4 heteroatoms. The van der Waals surface area contributed by atoms with Gasteiger partial charge in [0.2, 0.25) is 0 Å². The summed E-state index contributed by atoms with van der Waals surface area (Å²) in [5, 5.41) is 0. The van der Waals surface area contributed by atoms with Crippen LogP contribution in [0.1, 0.15) is 18.6 Å². The van der Waals surface area contributed by atoms with Gasteiger partial charge in [0.05, 0.1) is 19.3 Å². The Hall–Kier alpha value is -0.420. The maximum absolute atomic E-state index is 5.98. The number of nitrogens with two attached hydrogens (primary N) is 1. The van der Waals surface area contributed by atoms with Gasteiger partial charge < -0.3 is 15.2 Å². The molecule has 0 spiro atoms. The number of halogens is 1. The lowest BCUT2D eigenvalue weighted by molar-refractivity contribution is -0.159. The fourth-order valence-electron chi connectivity index (χ4n) is 1.69. The molecule has 1 aliphatic rings. The zero-order valence-corrected chi connectivity index (χ0v) is 10.8. The predicted molar refractivity (Wildman–Crippen MR) is 66.2 cm³/mol. The number of hydrogen-bond donors (Lipinski definition) is 1. The second-order valence-corrected chi connectivity index (χ2v) is 4.95. The van der Waals surface area contributed by atoms with Gasteiger partial charge in [0.1, 0.15) is 6.10 Å². The fourth-order valence-corrected chi connectivity index (χ4v) is 2.20. The Bertz CT molecular complexity index is 353. The van der Waals surface area contributed by atoms with E-state index in [1.807, 2.05) is 31.2 Å². The Morgan fingerprint density at radius 1 is 1.44 bits per heavy atom. The van der Waals surface area contributed by atoms with Gasteiger partial charge in [-0.3, -0.25) is 0 Å². The Labute approximate surface area is 104 Å². The lowest BCUT2D eigenvalue weighted by Crippen LogP contribution is -2.40. The van der Waals surface area contributed by atoms with E-state index in [9.17, 15) is 0 Å². The van der Waals surface area contributed by atoms with Gasteiger partial charge in [-0.1, -0.05) is 34.1 Å². The maximum Gasteiger partial charge on any atom is 0.105 e. The molecule has 2 unspecified atom stereocenters. The fraction of sp³-hybridized carbons (Fsp3) is 0.500. The highest BCUT2D eigenvalue weighted by Crippen LogP contribution is 2.29. The molecule has 2 rings (SSSR count). The van der Waals surface area contributed by atoms with E-state index >= 15 is 0 Å². The lowest BCUT2D eigenvalue weighted by atomic mass is 10.0. The van der Waals surface area contributed by atoms with Gasteiger partial charge >= 0.3 is 0 Å². The Morgan fingerprint density at radius 3 is 2.62 bits per heavy atom. The summed E-state index contributed by atoms with van der Waals surface area (Å²) in [5.41, 5.74) is 7.08. The zero-order valence-electron chi connectivity index (χ0n) is 9.23. The van der Waals surface area contributed by atoms with Crippen LogP contribution in [-0.4, -0.2) is 25.4 Å². The second kappa shape index (κ2) is 5.27. The van der Waals surface area contributed by atoms with Crippen molar-refractivity contribution in [3.8, 4) is 0 Å². The highest BCUT2D eigenvalue weighted by Gasteiger charge is 2.27. The van der Waals surface area contributed by atoms with Crippen molar-refractivity contribution < 1.29 is 9.47 Å². The molecule has 3 nitrogen and oxygen atoms in total. The van der Waals surface area contributed by atoms with E-state index < -0.39 is 0 Å². The molecule has 88 valence electrons. The molecular formula is C12H16BrNO2. The van der Waals surface area contributed by atoms with Crippen molar-refractivity contribution in [3.05, 3.63) is 34.3 Å². The van der Waals surface area contributed by atoms with E-state index in [4.69, 9.17) is 15.2 Å². The highest BCUT2D eigenvalue weighted by atomic mass is 79.9. The highest BCUT2D eigenvalue weighted by molar-refractivity contribution is 9.10. The van der Waals surface area contributed by atoms with Crippen LogP contribution in [-0.2, 0) is 9.47 Å². The van der Waals surface area contributed by atoms with Gasteiger partial charge in [0.15, 0.2) is 0 Å². The van der Waals surface area contributed by atoms with Crippen LogP contribution in [0.15, 0.2) is 28.7 Å². The Balaban J connectivity index is 2.14. The molecule has 0 aliphatic carbocycles. The molecule has 0 radical (unpaired) electrons. The van der Waals surface area contributed by atoms with Crippen molar-refractivity contribution in [3.63, 3.8) is 0 Å². The molecule has 1 aliphatic heterocycles. The van der Waals surface area contributed by atoms with Gasteiger partial charge in [0, 0.05) is 10.5 Å². The summed E-state index contributed by atoms with van der Waals surface area (Å²) in [6.07, 6.45) is 0.104. The number of ether oxygens (including phenoxy) is 2. The van der Waals surface area contributed by atoms with Crippen LogP contribution in [0, 0.1) is 0 Å². The molecule has 2 N–H and O–H groups in total. The third-order valence-corrected chi connectivity index (χ3v) is 3.36. The standard InChI is InChI=1S/C12H16BrNO2/c1-8(14)12(16-9-6-15-7-9)10-4-2-3-5-11(10)13/h2-5,8-9,12H,6-7,14H2,1H3. The zero-order chi connectivity index (χ0) is 11.5.